The SMILES string of the molecule is Cc1c(CN(C)C(=O)C=Cc2cnc3c(c2)CNC(C)(C)C(=O)N3)sc2ccccc12. The highest BCUT2D eigenvalue weighted by molar-refractivity contribution is 7.19. The van der Waals surface area contributed by atoms with Crippen LogP contribution in [0.15, 0.2) is 42.6 Å². The van der Waals surface area contributed by atoms with E-state index in [-0.39, 0.29) is 11.8 Å². The second kappa shape index (κ2) is 8.24. The van der Waals surface area contributed by atoms with Crippen LogP contribution in [0.2, 0.25) is 0 Å². The third-order valence-electron chi connectivity index (χ3n) is 5.63. The summed E-state index contributed by atoms with van der Waals surface area (Å²) in [5, 5.41) is 7.34. The van der Waals surface area contributed by atoms with E-state index in [1.165, 1.54) is 20.5 Å². The minimum atomic E-state index is -0.667. The number of anilines is 1. The van der Waals surface area contributed by atoms with Gasteiger partial charge < -0.3 is 10.2 Å². The van der Waals surface area contributed by atoms with Crippen LogP contribution in [0, 0.1) is 6.92 Å². The third kappa shape index (κ3) is 4.38. The summed E-state index contributed by atoms with van der Waals surface area (Å²) in [6, 6.07) is 10.3. The van der Waals surface area contributed by atoms with Crippen molar-refractivity contribution in [3.05, 3.63) is 64.2 Å². The zero-order valence-corrected chi connectivity index (χ0v) is 19.0. The van der Waals surface area contributed by atoms with Crippen LogP contribution >= 0.6 is 11.3 Å². The predicted octanol–water partition coefficient (Wildman–Crippen LogP) is 4.10. The second-order valence-corrected chi connectivity index (χ2v) is 9.52. The lowest BCUT2D eigenvalue weighted by Gasteiger charge is -2.21. The first-order valence-corrected chi connectivity index (χ1v) is 11.0. The maximum atomic E-state index is 12.7. The molecule has 2 aromatic heterocycles. The molecule has 2 N–H and O–H groups in total. The zero-order chi connectivity index (χ0) is 22.2. The highest BCUT2D eigenvalue weighted by Gasteiger charge is 2.30. The summed E-state index contributed by atoms with van der Waals surface area (Å²) in [6.45, 7) is 6.87. The van der Waals surface area contributed by atoms with Crippen molar-refractivity contribution in [1.29, 1.82) is 0 Å². The Balaban J connectivity index is 1.46. The molecule has 1 aromatic carbocycles. The molecule has 1 aliphatic rings. The van der Waals surface area contributed by atoms with E-state index >= 15 is 0 Å². The van der Waals surface area contributed by atoms with Gasteiger partial charge in [-0.2, -0.15) is 0 Å². The van der Waals surface area contributed by atoms with Crippen LogP contribution in [-0.4, -0.2) is 34.3 Å². The van der Waals surface area contributed by atoms with Crippen LogP contribution < -0.4 is 10.6 Å². The van der Waals surface area contributed by atoms with Crippen molar-refractivity contribution in [2.24, 2.45) is 0 Å². The maximum Gasteiger partial charge on any atom is 0.246 e. The summed E-state index contributed by atoms with van der Waals surface area (Å²) in [5.74, 6) is 0.374. The summed E-state index contributed by atoms with van der Waals surface area (Å²) in [6.07, 6.45) is 5.00. The Morgan fingerprint density at radius 2 is 2.10 bits per heavy atom. The molecule has 0 aliphatic carbocycles. The van der Waals surface area contributed by atoms with Gasteiger partial charge in [0.25, 0.3) is 0 Å². The second-order valence-electron chi connectivity index (χ2n) is 8.38. The Kier molecular flexibility index (Phi) is 5.64. The first kappa shape index (κ1) is 21.2. The third-order valence-corrected chi connectivity index (χ3v) is 6.88. The topological polar surface area (TPSA) is 74.3 Å². The van der Waals surface area contributed by atoms with E-state index in [9.17, 15) is 9.59 Å². The van der Waals surface area contributed by atoms with Crippen molar-refractivity contribution in [2.45, 2.75) is 39.4 Å². The maximum absolute atomic E-state index is 12.7. The lowest BCUT2D eigenvalue weighted by molar-refractivity contribution is -0.125. The van der Waals surface area contributed by atoms with Crippen LogP contribution in [0.25, 0.3) is 16.2 Å². The summed E-state index contributed by atoms with van der Waals surface area (Å²) in [4.78, 5) is 32.2. The number of thiophene rings is 1. The summed E-state index contributed by atoms with van der Waals surface area (Å²) in [5.41, 5.74) is 2.27. The number of aryl methyl sites for hydroxylation is 1. The zero-order valence-electron chi connectivity index (χ0n) is 18.2. The van der Waals surface area contributed by atoms with E-state index in [0.29, 0.717) is 18.9 Å². The molecular formula is C24H26N4O2S. The van der Waals surface area contributed by atoms with Crippen molar-refractivity contribution in [3.63, 3.8) is 0 Å². The lowest BCUT2D eigenvalue weighted by atomic mass is 10.1. The van der Waals surface area contributed by atoms with E-state index < -0.39 is 5.54 Å². The van der Waals surface area contributed by atoms with Crippen molar-refractivity contribution in [1.82, 2.24) is 15.2 Å². The largest absolute Gasteiger partial charge is 0.337 e. The van der Waals surface area contributed by atoms with Gasteiger partial charge in [0, 0.05) is 41.0 Å². The molecule has 0 atom stereocenters. The normalized spacial score (nSPS) is 15.5. The van der Waals surface area contributed by atoms with Gasteiger partial charge in [0.05, 0.1) is 12.1 Å². The number of fused-ring (bicyclic) bond motifs is 2. The number of hydrogen-bond donors (Lipinski definition) is 2. The number of carbonyl (C=O) groups is 2. The average Bonchev–Trinajstić information content (AvgIpc) is 3.00. The molecule has 3 aromatic rings. The number of carbonyl (C=O) groups excluding carboxylic acids is 2. The monoisotopic (exact) mass is 434 g/mol. The highest BCUT2D eigenvalue weighted by atomic mass is 32.1. The van der Waals surface area contributed by atoms with E-state index in [1.807, 2.05) is 39.1 Å². The van der Waals surface area contributed by atoms with Crippen molar-refractivity contribution >= 4 is 45.1 Å². The molecule has 1 aliphatic heterocycles. The number of pyridine rings is 1. The molecule has 0 bridgehead atoms. The molecule has 0 unspecified atom stereocenters. The Labute approximate surface area is 186 Å². The number of amides is 2. The molecule has 3 heterocycles. The number of benzene rings is 1. The fraction of sp³-hybridized carbons (Fsp3) is 0.292. The summed E-state index contributed by atoms with van der Waals surface area (Å²) < 4.78 is 1.24. The van der Waals surface area contributed by atoms with Crippen molar-refractivity contribution in [3.8, 4) is 0 Å². The number of aromatic nitrogens is 1. The van der Waals surface area contributed by atoms with Gasteiger partial charge in [-0.15, -0.1) is 11.3 Å². The first-order valence-electron chi connectivity index (χ1n) is 10.2. The molecule has 0 spiro atoms. The fourth-order valence-electron chi connectivity index (χ4n) is 3.49. The van der Waals surface area contributed by atoms with Gasteiger partial charge in [-0.1, -0.05) is 18.2 Å². The number of nitrogens with zero attached hydrogens (tertiary/aromatic N) is 2. The van der Waals surface area contributed by atoms with Gasteiger partial charge in [-0.05, 0) is 55.5 Å². The van der Waals surface area contributed by atoms with Crippen LogP contribution in [0.5, 0.6) is 0 Å². The van der Waals surface area contributed by atoms with E-state index in [2.05, 4.69) is 34.7 Å². The Morgan fingerprint density at radius 3 is 2.87 bits per heavy atom. The number of nitrogens with one attached hydrogen (secondary N) is 2. The van der Waals surface area contributed by atoms with Crippen LogP contribution in [-0.2, 0) is 22.7 Å². The molecule has 7 heteroatoms. The molecule has 31 heavy (non-hydrogen) atoms. The number of hydrogen-bond acceptors (Lipinski definition) is 5. The summed E-state index contributed by atoms with van der Waals surface area (Å²) in [7, 11) is 1.81. The average molecular weight is 435 g/mol. The van der Waals surface area contributed by atoms with E-state index in [0.717, 1.165) is 11.1 Å². The van der Waals surface area contributed by atoms with Gasteiger partial charge in [0.2, 0.25) is 11.8 Å². The Bertz CT molecular complexity index is 1200. The van der Waals surface area contributed by atoms with Crippen LogP contribution in [0.4, 0.5) is 5.82 Å². The Morgan fingerprint density at radius 1 is 1.32 bits per heavy atom. The molecule has 160 valence electrons. The smallest absolute Gasteiger partial charge is 0.246 e. The minimum Gasteiger partial charge on any atom is -0.337 e. The predicted molar refractivity (Wildman–Crippen MR) is 126 cm³/mol. The molecule has 6 nitrogen and oxygen atoms in total. The Hall–Kier alpha value is -3.03. The minimum absolute atomic E-state index is 0.0700. The van der Waals surface area contributed by atoms with Crippen molar-refractivity contribution < 1.29 is 9.59 Å². The standard InChI is InChI=1S/C24H26N4O2S/c1-15-18-7-5-6-8-19(18)31-20(15)14-28(4)21(29)10-9-16-11-17-13-26-24(2,3)23(30)27-22(17)25-12-16/h5-12,26H,13-14H2,1-4H3,(H,25,27,30). The van der Waals surface area contributed by atoms with Crippen LogP contribution in [0.1, 0.15) is 35.4 Å². The lowest BCUT2D eigenvalue weighted by Crippen LogP contribution is -2.47. The van der Waals surface area contributed by atoms with Gasteiger partial charge in [0.1, 0.15) is 5.82 Å². The van der Waals surface area contributed by atoms with Gasteiger partial charge >= 0.3 is 0 Å². The van der Waals surface area contributed by atoms with E-state index in [4.69, 9.17) is 0 Å². The molecule has 0 fully saturated rings. The molecule has 0 radical (unpaired) electrons. The molecular weight excluding hydrogens is 408 g/mol. The number of likely N-dealkylation sites (N-methyl/N-ethyl adjacent to an activating group) is 1. The summed E-state index contributed by atoms with van der Waals surface area (Å²) >= 11 is 1.73. The van der Waals surface area contributed by atoms with Gasteiger partial charge in [-0.25, -0.2) is 4.98 Å². The van der Waals surface area contributed by atoms with E-state index in [1.54, 1.807) is 34.6 Å². The van der Waals surface area contributed by atoms with Gasteiger partial charge in [0.15, 0.2) is 0 Å². The molecule has 0 saturated carbocycles. The molecule has 2 amide bonds. The highest BCUT2D eigenvalue weighted by Crippen LogP contribution is 2.31. The fourth-order valence-corrected chi connectivity index (χ4v) is 4.76. The molecule has 4 rings (SSSR count). The first-order chi connectivity index (χ1) is 14.7. The number of rotatable bonds is 4. The van der Waals surface area contributed by atoms with Gasteiger partial charge in [-0.3, -0.25) is 14.9 Å². The van der Waals surface area contributed by atoms with Crippen molar-refractivity contribution in [2.75, 3.05) is 12.4 Å². The van der Waals surface area contributed by atoms with Crippen LogP contribution in [0.3, 0.4) is 0 Å². The molecule has 0 saturated heterocycles. The quantitative estimate of drug-likeness (QED) is 0.607.